The highest BCUT2D eigenvalue weighted by atomic mass is 16.4. The van der Waals surface area contributed by atoms with Gasteiger partial charge in [0, 0.05) is 12.0 Å². The second-order valence-corrected chi connectivity index (χ2v) is 6.97. The van der Waals surface area contributed by atoms with Crippen molar-refractivity contribution in [3.8, 4) is 0 Å². The first kappa shape index (κ1) is 14.8. The molecule has 1 aromatic heterocycles. The predicted octanol–water partition coefficient (Wildman–Crippen LogP) is 3.14. The molecule has 110 valence electrons. The van der Waals surface area contributed by atoms with Crippen LogP contribution in [0, 0.1) is 10.8 Å². The molecule has 5 nitrogen and oxygen atoms in total. The lowest BCUT2D eigenvalue weighted by atomic mass is 10.0. The molecule has 20 heavy (non-hydrogen) atoms. The average Bonchev–Trinajstić information content (AvgIpc) is 2.71. The van der Waals surface area contributed by atoms with E-state index in [1.165, 1.54) is 0 Å². The van der Waals surface area contributed by atoms with Gasteiger partial charge in [0.1, 0.15) is 5.82 Å². The molecule has 1 aliphatic rings. The Morgan fingerprint density at radius 2 is 1.85 bits per heavy atom. The number of hydrogen-bond acceptors (Lipinski definition) is 4. The normalized spacial score (nSPS) is 19.9. The molecule has 0 aliphatic heterocycles. The number of anilines is 1. The summed E-state index contributed by atoms with van der Waals surface area (Å²) in [5, 5.41) is 12.6. The quantitative estimate of drug-likeness (QED) is 0.884. The van der Waals surface area contributed by atoms with Crippen molar-refractivity contribution in [1.29, 1.82) is 0 Å². The van der Waals surface area contributed by atoms with Crippen LogP contribution in [0.5, 0.6) is 0 Å². The van der Waals surface area contributed by atoms with Crippen molar-refractivity contribution in [2.75, 3.05) is 5.32 Å². The minimum atomic E-state index is -1.02. The summed E-state index contributed by atoms with van der Waals surface area (Å²) in [7, 11) is 0. The van der Waals surface area contributed by atoms with Crippen LogP contribution in [0.4, 0.5) is 5.69 Å². The van der Waals surface area contributed by atoms with E-state index in [4.69, 9.17) is 0 Å². The molecule has 0 saturated heterocycles. The van der Waals surface area contributed by atoms with E-state index < -0.39 is 5.97 Å². The van der Waals surface area contributed by atoms with Crippen LogP contribution in [0.1, 0.15) is 63.8 Å². The molecule has 1 aromatic rings. The van der Waals surface area contributed by atoms with E-state index in [2.05, 4.69) is 43.0 Å². The number of carbonyl (C=O) groups is 1. The Labute approximate surface area is 119 Å². The third kappa shape index (κ3) is 2.15. The molecule has 0 spiro atoms. The lowest BCUT2D eigenvalue weighted by molar-refractivity contribution is 0.0691. The van der Waals surface area contributed by atoms with Gasteiger partial charge >= 0.3 is 5.97 Å². The van der Waals surface area contributed by atoms with Crippen molar-refractivity contribution in [1.82, 2.24) is 9.97 Å². The summed E-state index contributed by atoms with van der Waals surface area (Å²) < 4.78 is 0. The van der Waals surface area contributed by atoms with E-state index in [1.807, 2.05) is 13.8 Å². The van der Waals surface area contributed by atoms with E-state index in [9.17, 15) is 9.90 Å². The number of carboxylic acid groups (broad SMARTS) is 1. The van der Waals surface area contributed by atoms with Crippen LogP contribution < -0.4 is 5.32 Å². The highest BCUT2D eigenvalue weighted by molar-refractivity contribution is 5.91. The van der Waals surface area contributed by atoms with Gasteiger partial charge < -0.3 is 10.4 Å². The molecule has 1 aliphatic carbocycles. The molecule has 0 atom stereocenters. The third-order valence-electron chi connectivity index (χ3n) is 4.85. The Hall–Kier alpha value is -1.65. The summed E-state index contributed by atoms with van der Waals surface area (Å²) in [6, 6.07) is 0.224. The van der Waals surface area contributed by atoms with Gasteiger partial charge in [0.15, 0.2) is 5.69 Å². The summed E-state index contributed by atoms with van der Waals surface area (Å²) in [4.78, 5) is 19.8. The van der Waals surface area contributed by atoms with E-state index in [0.717, 1.165) is 0 Å². The number of carboxylic acids is 1. The summed E-state index contributed by atoms with van der Waals surface area (Å²) in [6.07, 6.45) is 1.59. The molecule has 0 aromatic carbocycles. The zero-order valence-corrected chi connectivity index (χ0v) is 13.0. The number of aromatic carboxylic acids is 1. The van der Waals surface area contributed by atoms with Gasteiger partial charge in [-0.05, 0) is 10.8 Å². The van der Waals surface area contributed by atoms with Crippen LogP contribution in [0.3, 0.4) is 0 Å². The fourth-order valence-corrected chi connectivity index (χ4v) is 2.66. The molecule has 0 radical (unpaired) electrons. The Kier molecular flexibility index (Phi) is 3.27. The first-order valence-electron chi connectivity index (χ1n) is 6.95. The van der Waals surface area contributed by atoms with Crippen molar-refractivity contribution >= 4 is 11.7 Å². The molecule has 2 N–H and O–H groups in total. The Balaban J connectivity index is 2.32. The molecule has 1 heterocycles. The van der Waals surface area contributed by atoms with Crippen LogP contribution >= 0.6 is 0 Å². The van der Waals surface area contributed by atoms with E-state index in [1.54, 1.807) is 6.20 Å². The maximum absolute atomic E-state index is 11.4. The maximum atomic E-state index is 11.4. The molecule has 1 fully saturated rings. The molecule has 5 heteroatoms. The van der Waals surface area contributed by atoms with Crippen LogP contribution in [0.2, 0.25) is 0 Å². The van der Waals surface area contributed by atoms with Gasteiger partial charge in [-0.15, -0.1) is 0 Å². The molecule has 2 rings (SSSR count). The molecular formula is C15H23N3O2. The first-order chi connectivity index (χ1) is 9.09. The fraction of sp³-hybridized carbons (Fsp3) is 0.667. The van der Waals surface area contributed by atoms with Crippen molar-refractivity contribution in [2.24, 2.45) is 10.8 Å². The van der Waals surface area contributed by atoms with Gasteiger partial charge in [0.05, 0.1) is 11.9 Å². The molecule has 1 saturated carbocycles. The minimum absolute atomic E-state index is 0.0576. The minimum Gasteiger partial charge on any atom is -0.476 e. The van der Waals surface area contributed by atoms with Crippen molar-refractivity contribution in [2.45, 2.75) is 53.5 Å². The second-order valence-electron chi connectivity index (χ2n) is 6.97. The average molecular weight is 277 g/mol. The van der Waals surface area contributed by atoms with Gasteiger partial charge in [-0.25, -0.2) is 14.8 Å². The predicted molar refractivity (Wildman–Crippen MR) is 78.1 cm³/mol. The monoisotopic (exact) mass is 277 g/mol. The van der Waals surface area contributed by atoms with Crippen LogP contribution in [-0.2, 0) is 0 Å². The number of nitrogens with zero attached hydrogens (tertiary/aromatic N) is 2. The van der Waals surface area contributed by atoms with Gasteiger partial charge in [-0.1, -0.05) is 41.5 Å². The summed E-state index contributed by atoms with van der Waals surface area (Å²) in [5.74, 6) is -0.355. The molecule has 0 amide bonds. The number of nitrogens with one attached hydrogen (secondary N) is 1. The van der Waals surface area contributed by atoms with Gasteiger partial charge in [-0.3, -0.25) is 0 Å². The second kappa shape index (κ2) is 4.43. The molecule has 0 bridgehead atoms. The standard InChI is InChI=1S/C15H23N3O2/c1-8(2)11-16-7-9(10(18-11)12(19)20)17-13-14(3,4)15(13,5)6/h7-8,13,17H,1-6H3,(H,19,20). The summed E-state index contributed by atoms with van der Waals surface area (Å²) >= 11 is 0. The van der Waals surface area contributed by atoms with Crippen molar-refractivity contribution in [3.05, 3.63) is 17.7 Å². The SMILES string of the molecule is CC(C)c1ncc(NC2C(C)(C)C2(C)C)c(C(=O)O)n1. The zero-order valence-electron chi connectivity index (χ0n) is 13.0. The number of aromatic nitrogens is 2. The Morgan fingerprint density at radius 3 is 2.25 bits per heavy atom. The van der Waals surface area contributed by atoms with Crippen LogP contribution in [0.15, 0.2) is 6.20 Å². The van der Waals surface area contributed by atoms with Gasteiger partial charge in [-0.2, -0.15) is 0 Å². The summed E-state index contributed by atoms with van der Waals surface area (Å²) in [6.45, 7) is 12.6. The largest absolute Gasteiger partial charge is 0.476 e. The smallest absolute Gasteiger partial charge is 0.356 e. The van der Waals surface area contributed by atoms with E-state index in [-0.39, 0.29) is 28.5 Å². The lowest BCUT2D eigenvalue weighted by Gasteiger charge is -2.12. The number of hydrogen-bond donors (Lipinski definition) is 2. The Bertz CT molecular complexity index is 536. The maximum Gasteiger partial charge on any atom is 0.356 e. The van der Waals surface area contributed by atoms with Crippen LogP contribution in [0.25, 0.3) is 0 Å². The summed E-state index contributed by atoms with van der Waals surface area (Å²) in [5.41, 5.74) is 0.812. The topological polar surface area (TPSA) is 75.1 Å². The van der Waals surface area contributed by atoms with Gasteiger partial charge in [0.2, 0.25) is 0 Å². The highest BCUT2D eigenvalue weighted by Crippen LogP contribution is 2.63. The van der Waals surface area contributed by atoms with Crippen molar-refractivity contribution in [3.63, 3.8) is 0 Å². The zero-order chi connectivity index (χ0) is 15.3. The lowest BCUT2D eigenvalue weighted by Crippen LogP contribution is -2.16. The first-order valence-corrected chi connectivity index (χ1v) is 6.95. The van der Waals surface area contributed by atoms with Gasteiger partial charge in [0.25, 0.3) is 0 Å². The van der Waals surface area contributed by atoms with E-state index >= 15 is 0 Å². The van der Waals surface area contributed by atoms with E-state index in [0.29, 0.717) is 11.5 Å². The molecule has 0 unspecified atom stereocenters. The highest BCUT2D eigenvalue weighted by Gasteiger charge is 2.65. The third-order valence-corrected chi connectivity index (χ3v) is 4.85. The Morgan fingerprint density at radius 1 is 1.30 bits per heavy atom. The number of rotatable bonds is 4. The van der Waals surface area contributed by atoms with Crippen molar-refractivity contribution < 1.29 is 9.90 Å². The fourth-order valence-electron chi connectivity index (χ4n) is 2.66. The molecular weight excluding hydrogens is 254 g/mol. The van der Waals surface area contributed by atoms with Crippen LogP contribution in [-0.4, -0.2) is 27.1 Å².